The van der Waals surface area contributed by atoms with Crippen LogP contribution in [0.25, 0.3) is 0 Å². The van der Waals surface area contributed by atoms with Gasteiger partial charge in [-0.15, -0.1) is 0 Å². The third kappa shape index (κ3) is 7.85. The summed E-state index contributed by atoms with van der Waals surface area (Å²) in [7, 11) is 2.61. The summed E-state index contributed by atoms with van der Waals surface area (Å²) in [5, 5.41) is 6.75. The van der Waals surface area contributed by atoms with Crippen LogP contribution in [0.5, 0.6) is 11.5 Å². The largest absolute Gasteiger partial charge is 0.493 e. The lowest BCUT2D eigenvalue weighted by Gasteiger charge is -2.11. The van der Waals surface area contributed by atoms with E-state index in [4.69, 9.17) is 4.74 Å². The van der Waals surface area contributed by atoms with Gasteiger partial charge in [-0.2, -0.15) is 8.78 Å². The van der Waals surface area contributed by atoms with Gasteiger partial charge < -0.3 is 30.2 Å². The van der Waals surface area contributed by atoms with Crippen molar-refractivity contribution < 1.29 is 42.2 Å². The van der Waals surface area contributed by atoms with Crippen molar-refractivity contribution >= 4 is 23.7 Å². The number of hydrogen-bond acceptors (Lipinski definition) is 7. The standard InChI is InChI=1S/C16H19F2N3O7/c1-19-12(22)6-20-13(23)8-27-14(24)7-21-15(25)9-3-4-10(28-16(17)18)11(5-9)26-2/h3-5,16H,6-8H2,1-2H3,(H,19,22)(H,20,23)(H,21,25). The van der Waals surface area contributed by atoms with Crippen LogP contribution in [0.2, 0.25) is 0 Å². The summed E-state index contributed by atoms with van der Waals surface area (Å²) in [5.41, 5.74) is 0.0228. The van der Waals surface area contributed by atoms with E-state index < -0.39 is 43.5 Å². The van der Waals surface area contributed by atoms with Crippen LogP contribution in [-0.4, -0.2) is 64.2 Å². The van der Waals surface area contributed by atoms with E-state index >= 15 is 0 Å². The molecule has 0 aromatic heterocycles. The molecule has 154 valence electrons. The zero-order valence-corrected chi connectivity index (χ0v) is 15.0. The zero-order chi connectivity index (χ0) is 21.1. The molecule has 0 saturated carbocycles. The number of amides is 3. The maximum atomic E-state index is 12.3. The normalized spacial score (nSPS) is 10.0. The molecule has 0 spiro atoms. The number of esters is 1. The molecule has 0 aliphatic carbocycles. The Labute approximate surface area is 158 Å². The summed E-state index contributed by atoms with van der Waals surface area (Å²) in [6, 6.07) is 3.48. The molecule has 12 heteroatoms. The van der Waals surface area contributed by atoms with Gasteiger partial charge in [0.15, 0.2) is 18.1 Å². The Morgan fingerprint density at radius 2 is 1.75 bits per heavy atom. The molecule has 28 heavy (non-hydrogen) atoms. The first kappa shape index (κ1) is 22.6. The first-order valence-electron chi connectivity index (χ1n) is 7.80. The number of likely N-dealkylation sites (N-methyl/N-ethyl adjacent to an activating group) is 1. The third-order valence-corrected chi connectivity index (χ3v) is 3.12. The summed E-state index contributed by atoms with van der Waals surface area (Å²) in [4.78, 5) is 45.9. The highest BCUT2D eigenvalue weighted by molar-refractivity contribution is 5.96. The second-order valence-electron chi connectivity index (χ2n) is 5.04. The highest BCUT2D eigenvalue weighted by Crippen LogP contribution is 2.29. The minimum Gasteiger partial charge on any atom is -0.493 e. The van der Waals surface area contributed by atoms with Crippen LogP contribution >= 0.6 is 0 Å². The molecule has 10 nitrogen and oxygen atoms in total. The quantitative estimate of drug-likeness (QED) is 0.446. The SMILES string of the molecule is CNC(=O)CNC(=O)COC(=O)CNC(=O)c1ccc(OC(F)F)c(OC)c1. The summed E-state index contributed by atoms with van der Waals surface area (Å²) < 4.78 is 38.3. The lowest BCUT2D eigenvalue weighted by Crippen LogP contribution is -2.38. The van der Waals surface area contributed by atoms with Crippen molar-refractivity contribution in [1.82, 2.24) is 16.0 Å². The molecule has 0 bridgehead atoms. The molecule has 3 N–H and O–H groups in total. The molecule has 0 aliphatic heterocycles. The summed E-state index contributed by atoms with van der Waals surface area (Å²) in [5.74, 6) is -3.06. The number of halogens is 2. The van der Waals surface area contributed by atoms with Gasteiger partial charge in [0, 0.05) is 12.6 Å². The number of nitrogens with one attached hydrogen (secondary N) is 3. The average Bonchev–Trinajstić information content (AvgIpc) is 2.68. The molecule has 0 atom stereocenters. The number of rotatable bonds is 10. The fraction of sp³-hybridized carbons (Fsp3) is 0.375. The Balaban J connectivity index is 2.47. The van der Waals surface area contributed by atoms with Crippen LogP contribution in [-0.2, 0) is 19.1 Å². The Morgan fingerprint density at radius 3 is 2.36 bits per heavy atom. The van der Waals surface area contributed by atoms with Gasteiger partial charge in [-0.05, 0) is 18.2 Å². The van der Waals surface area contributed by atoms with Gasteiger partial charge in [-0.3, -0.25) is 19.2 Å². The first-order valence-corrected chi connectivity index (χ1v) is 7.80. The van der Waals surface area contributed by atoms with E-state index in [2.05, 4.69) is 25.4 Å². The maximum absolute atomic E-state index is 12.3. The number of methoxy groups -OCH3 is 1. The Morgan fingerprint density at radius 1 is 1.04 bits per heavy atom. The topological polar surface area (TPSA) is 132 Å². The van der Waals surface area contributed by atoms with Crippen LogP contribution in [0.15, 0.2) is 18.2 Å². The predicted molar refractivity (Wildman–Crippen MR) is 90.0 cm³/mol. The fourth-order valence-electron chi connectivity index (χ4n) is 1.77. The molecule has 1 aromatic carbocycles. The number of benzene rings is 1. The number of ether oxygens (including phenoxy) is 3. The molecule has 0 radical (unpaired) electrons. The van der Waals surface area contributed by atoms with Crippen molar-refractivity contribution in [2.75, 3.05) is 33.9 Å². The molecule has 0 saturated heterocycles. The zero-order valence-electron chi connectivity index (χ0n) is 15.0. The summed E-state index contributed by atoms with van der Waals surface area (Å²) in [6.45, 7) is -4.49. The minimum atomic E-state index is -3.06. The van der Waals surface area contributed by atoms with Gasteiger partial charge in [-0.1, -0.05) is 0 Å². The van der Waals surface area contributed by atoms with Crippen molar-refractivity contribution in [3.05, 3.63) is 23.8 Å². The molecule has 1 rings (SSSR count). The van der Waals surface area contributed by atoms with Crippen molar-refractivity contribution in [2.24, 2.45) is 0 Å². The third-order valence-electron chi connectivity index (χ3n) is 3.12. The van der Waals surface area contributed by atoms with E-state index in [0.717, 1.165) is 12.1 Å². The van der Waals surface area contributed by atoms with Crippen molar-refractivity contribution in [3.8, 4) is 11.5 Å². The van der Waals surface area contributed by atoms with Gasteiger partial charge in [0.1, 0.15) is 6.54 Å². The molecular formula is C16H19F2N3O7. The Hall–Kier alpha value is -3.44. The number of hydrogen-bond donors (Lipinski definition) is 3. The molecule has 0 aliphatic rings. The predicted octanol–water partition coefficient (Wildman–Crippen LogP) is -0.568. The molecular weight excluding hydrogens is 384 g/mol. The second-order valence-corrected chi connectivity index (χ2v) is 5.04. The Kier molecular flexibility index (Phi) is 9.13. The first-order chi connectivity index (χ1) is 13.3. The fourth-order valence-corrected chi connectivity index (χ4v) is 1.77. The van der Waals surface area contributed by atoms with Crippen molar-refractivity contribution in [3.63, 3.8) is 0 Å². The second kappa shape index (κ2) is 11.3. The molecule has 0 heterocycles. The van der Waals surface area contributed by atoms with E-state index in [0.29, 0.717) is 0 Å². The lowest BCUT2D eigenvalue weighted by molar-refractivity contribution is -0.147. The van der Waals surface area contributed by atoms with Crippen LogP contribution in [0.1, 0.15) is 10.4 Å². The van der Waals surface area contributed by atoms with E-state index in [1.165, 1.54) is 20.2 Å². The molecule has 0 unspecified atom stereocenters. The van der Waals surface area contributed by atoms with Crippen LogP contribution < -0.4 is 25.4 Å². The molecule has 3 amide bonds. The van der Waals surface area contributed by atoms with Gasteiger partial charge >= 0.3 is 12.6 Å². The van der Waals surface area contributed by atoms with Crippen LogP contribution in [0, 0.1) is 0 Å². The highest BCUT2D eigenvalue weighted by Gasteiger charge is 2.15. The van der Waals surface area contributed by atoms with E-state index in [1.807, 2.05) is 0 Å². The van der Waals surface area contributed by atoms with Crippen LogP contribution in [0.3, 0.4) is 0 Å². The van der Waals surface area contributed by atoms with Crippen molar-refractivity contribution in [2.45, 2.75) is 6.61 Å². The van der Waals surface area contributed by atoms with E-state index in [-0.39, 0.29) is 23.6 Å². The maximum Gasteiger partial charge on any atom is 0.387 e. The lowest BCUT2D eigenvalue weighted by atomic mass is 10.2. The minimum absolute atomic E-state index is 0.0228. The molecule has 0 fully saturated rings. The van der Waals surface area contributed by atoms with Gasteiger partial charge in [0.2, 0.25) is 5.91 Å². The van der Waals surface area contributed by atoms with Gasteiger partial charge in [0.25, 0.3) is 11.8 Å². The number of carbonyl (C=O) groups excluding carboxylic acids is 4. The highest BCUT2D eigenvalue weighted by atomic mass is 19.3. The molecule has 1 aromatic rings. The monoisotopic (exact) mass is 403 g/mol. The van der Waals surface area contributed by atoms with Crippen molar-refractivity contribution in [1.29, 1.82) is 0 Å². The van der Waals surface area contributed by atoms with Gasteiger partial charge in [0.05, 0.1) is 13.7 Å². The smallest absolute Gasteiger partial charge is 0.387 e. The van der Waals surface area contributed by atoms with Crippen LogP contribution in [0.4, 0.5) is 8.78 Å². The average molecular weight is 403 g/mol. The van der Waals surface area contributed by atoms with Gasteiger partial charge in [-0.25, -0.2) is 0 Å². The number of alkyl halides is 2. The van der Waals surface area contributed by atoms with E-state index in [1.54, 1.807) is 0 Å². The van der Waals surface area contributed by atoms with E-state index in [9.17, 15) is 28.0 Å². The summed E-state index contributed by atoms with van der Waals surface area (Å²) in [6.07, 6.45) is 0. The number of carbonyl (C=O) groups is 4. The summed E-state index contributed by atoms with van der Waals surface area (Å²) >= 11 is 0. The Bertz CT molecular complexity index is 728.